The molecule has 0 saturated heterocycles. The molecule has 0 atom stereocenters. The molecular weight excluding hydrogens is 1470 g/mol. The van der Waals surface area contributed by atoms with E-state index in [1.54, 1.807) is 132 Å². The third-order valence-corrected chi connectivity index (χ3v) is 17.9. The van der Waals surface area contributed by atoms with Crippen molar-refractivity contribution in [1.29, 1.82) is 0 Å². The number of aromatic nitrogens is 24. The second kappa shape index (κ2) is 40.2. The molecule has 27 nitrogen and oxygen atoms in total. The van der Waals surface area contributed by atoms with E-state index in [9.17, 15) is 4.79 Å². The van der Waals surface area contributed by atoms with Crippen LogP contribution in [0.2, 0.25) is 0 Å². The molecule has 28 heteroatoms. The minimum Gasteiger partial charge on any atom is -0.480 e. The van der Waals surface area contributed by atoms with Crippen molar-refractivity contribution in [3.63, 3.8) is 0 Å². The van der Waals surface area contributed by atoms with Crippen LogP contribution in [0.5, 0.6) is 5.88 Å². The summed E-state index contributed by atoms with van der Waals surface area (Å²) < 4.78 is 13.5. The van der Waals surface area contributed by atoms with Crippen LogP contribution in [0.3, 0.4) is 0 Å². The highest BCUT2D eigenvalue weighted by atomic mass is 32.1. The number of rotatable bonds is 8. The standard InChI is InChI=1S/C13H15N3O.3C12H16N4.C11H14N4.C10H18N2S.C9H14N2O.C9H14N2/c1-13(2,3)10-8-15-11(9-14-10)16-7-5-4-6-12(16)17;1-9-7-16(8-15-9)11-6-13-10(5-14-11)12(2,3)4;1-9-5-15-16(8-9)11-7-13-10(6-14-11)12(2,3)4;1-9-5-6-16(15-9)11-8-13-10(7-14-11)12(2,3)4;1-11(2,3)9-7-13-10(8-12-9)15-6-4-5-14-15;1-6-12(5)9-11-8(7-13-9)10(2,3)4;1-9(2,3)7-5-10-6-8(11-7)12-4;1-7-5-10-6-8(11-7)9(2,3)4/h4-9H,1-3H3;3*5-8H,1-4H3;4-8H,1-3H3;7H,6H2,1-5H3;5-6H,1-4H3;5-6H,1-4H3. The highest BCUT2D eigenvalue weighted by Gasteiger charge is 2.23. The van der Waals surface area contributed by atoms with Crippen LogP contribution in [0.15, 0.2) is 177 Å². The maximum Gasteiger partial charge on any atom is 0.256 e. The fraction of sp³-hybridized carbons (Fsp3) is 0.455. The number of hydrogen-bond donors (Lipinski definition) is 0. The second-order valence-electron chi connectivity index (χ2n) is 36.0. The summed E-state index contributed by atoms with van der Waals surface area (Å²) in [5, 5.41) is 15.8. The Labute approximate surface area is 691 Å². The Morgan fingerprint density at radius 1 is 0.388 bits per heavy atom. The van der Waals surface area contributed by atoms with E-state index in [0.717, 1.165) is 97.5 Å². The van der Waals surface area contributed by atoms with Gasteiger partial charge in [-0.15, -0.1) is 11.3 Å². The third kappa shape index (κ3) is 29.8. The van der Waals surface area contributed by atoms with Crippen LogP contribution in [-0.4, -0.2) is 139 Å². The van der Waals surface area contributed by atoms with Gasteiger partial charge in [0.15, 0.2) is 34.2 Å². The van der Waals surface area contributed by atoms with E-state index in [1.807, 2.05) is 94.0 Å². The lowest BCUT2D eigenvalue weighted by Gasteiger charge is -2.17. The lowest BCUT2D eigenvalue weighted by molar-refractivity contribution is 0.389. The van der Waals surface area contributed by atoms with Gasteiger partial charge in [-0.3, -0.25) is 53.8 Å². The van der Waals surface area contributed by atoms with Crippen LogP contribution < -0.4 is 15.2 Å². The SMILES string of the molecule is CC(C)(C)c1cnc(-n2ccccc2=O)cn1.CC(C)(C)c1cnc(-n2cccn2)cn1.CCN(C)c1nc(C(C)(C)C)cs1.COc1cncc(C(C)(C)C)n1.Cc1ccn(-c2cnc(C(C)(C)C)cn2)n1.Cc1cn(-c2cnc(C(C)(C)C)cn2)cn1.Cc1cncc(C(C)(C)C)n1.Cc1cnn(-c2cnc(C(C)(C)C)cn2)c1. The Morgan fingerprint density at radius 2 is 0.836 bits per heavy atom. The second-order valence-corrected chi connectivity index (χ2v) is 36.8. The first-order valence-corrected chi connectivity index (χ1v) is 39.5. The highest BCUT2D eigenvalue weighted by molar-refractivity contribution is 7.13. The van der Waals surface area contributed by atoms with E-state index in [1.165, 1.54) is 16.3 Å². The van der Waals surface area contributed by atoms with Crippen LogP contribution in [0, 0.1) is 27.7 Å². The molecule has 0 aliphatic rings. The number of anilines is 1. The van der Waals surface area contributed by atoms with Gasteiger partial charge in [-0.2, -0.15) is 15.3 Å². The van der Waals surface area contributed by atoms with Gasteiger partial charge in [0.2, 0.25) is 5.88 Å². The zero-order valence-corrected chi connectivity index (χ0v) is 75.1. The molecule has 0 spiro atoms. The summed E-state index contributed by atoms with van der Waals surface area (Å²) in [6.07, 6.45) is 39.2. The van der Waals surface area contributed by atoms with Gasteiger partial charge in [0.05, 0.1) is 144 Å². The number of methoxy groups -OCH3 is 1. The summed E-state index contributed by atoms with van der Waals surface area (Å²) in [6, 6.07) is 8.80. The van der Waals surface area contributed by atoms with Crippen LogP contribution in [0.1, 0.15) is 241 Å². The average molecular weight is 1600 g/mol. The molecule has 618 valence electrons. The van der Waals surface area contributed by atoms with E-state index in [4.69, 9.17) is 4.74 Å². The normalized spacial score (nSPS) is 11.6. The van der Waals surface area contributed by atoms with Crippen molar-refractivity contribution in [2.75, 3.05) is 25.6 Å². The van der Waals surface area contributed by atoms with Gasteiger partial charge < -0.3 is 9.64 Å². The van der Waals surface area contributed by atoms with Crippen LogP contribution in [0.25, 0.3) is 29.1 Å². The van der Waals surface area contributed by atoms with E-state index >= 15 is 0 Å². The number of imidazole rings is 1. The van der Waals surface area contributed by atoms with Crippen molar-refractivity contribution in [3.05, 3.63) is 251 Å². The first-order valence-electron chi connectivity index (χ1n) is 38.6. The van der Waals surface area contributed by atoms with Crippen molar-refractivity contribution in [2.24, 2.45) is 0 Å². The van der Waals surface area contributed by atoms with Gasteiger partial charge in [0.1, 0.15) is 6.33 Å². The summed E-state index contributed by atoms with van der Waals surface area (Å²) in [7, 11) is 3.67. The van der Waals surface area contributed by atoms with Crippen molar-refractivity contribution in [3.8, 4) is 35.0 Å². The van der Waals surface area contributed by atoms with E-state index in [0.29, 0.717) is 11.7 Å². The van der Waals surface area contributed by atoms with E-state index < -0.39 is 0 Å². The van der Waals surface area contributed by atoms with Crippen molar-refractivity contribution < 1.29 is 4.74 Å². The fourth-order valence-electron chi connectivity index (χ4n) is 9.36. The number of hydrogen-bond acceptors (Lipinski definition) is 23. The number of nitrogens with zero attached hydrogens (tertiary/aromatic N) is 25. The lowest BCUT2D eigenvalue weighted by atomic mass is 9.93. The fourth-order valence-corrected chi connectivity index (χ4v) is 10.4. The Bertz CT molecular complexity index is 4900. The molecule has 13 aromatic heterocycles. The molecular formula is C88H123N25O2S. The third-order valence-electron chi connectivity index (χ3n) is 16.9. The minimum atomic E-state index is -0.106. The highest BCUT2D eigenvalue weighted by Crippen LogP contribution is 2.29. The maximum atomic E-state index is 11.6. The number of aryl methyl sites for hydroxylation is 4. The molecule has 0 bridgehead atoms. The number of pyridine rings is 1. The zero-order chi connectivity index (χ0) is 86.4. The monoisotopic (exact) mass is 1590 g/mol. The van der Waals surface area contributed by atoms with E-state index in [2.05, 4.69) is 285 Å². The van der Waals surface area contributed by atoms with Gasteiger partial charge in [0.25, 0.3) is 5.56 Å². The lowest BCUT2D eigenvalue weighted by Crippen LogP contribution is -2.19. The smallest absolute Gasteiger partial charge is 0.256 e. The predicted molar refractivity (Wildman–Crippen MR) is 464 cm³/mol. The summed E-state index contributed by atoms with van der Waals surface area (Å²) in [6.45, 7) is 61.9. The largest absolute Gasteiger partial charge is 0.480 e. The molecule has 13 heterocycles. The molecule has 0 radical (unpaired) electrons. The number of ether oxygens (including phenoxy) is 1. The van der Waals surface area contributed by atoms with Gasteiger partial charge in [-0.25, -0.2) is 53.9 Å². The summed E-state index contributed by atoms with van der Waals surface area (Å²) in [5.74, 6) is 4.16. The summed E-state index contributed by atoms with van der Waals surface area (Å²) >= 11 is 1.72. The zero-order valence-electron chi connectivity index (χ0n) is 74.3. The van der Waals surface area contributed by atoms with Gasteiger partial charge in [0, 0.05) is 124 Å². The quantitative estimate of drug-likeness (QED) is 0.136. The Hall–Kier alpha value is -11.4. The first-order chi connectivity index (χ1) is 53.9. The molecule has 0 aliphatic carbocycles. The molecule has 0 saturated carbocycles. The molecule has 0 aliphatic heterocycles. The van der Waals surface area contributed by atoms with Gasteiger partial charge in [-0.1, -0.05) is 172 Å². The topological polar surface area (TPSA) is 299 Å². The molecule has 13 rings (SSSR count). The predicted octanol–water partition coefficient (Wildman–Crippen LogP) is 17.5. The molecule has 0 aromatic carbocycles. The Morgan fingerprint density at radius 3 is 1.19 bits per heavy atom. The van der Waals surface area contributed by atoms with Crippen LogP contribution >= 0.6 is 11.3 Å². The Kier molecular flexibility index (Phi) is 32.4. The molecule has 0 unspecified atom stereocenters. The maximum absolute atomic E-state index is 11.6. The van der Waals surface area contributed by atoms with Crippen molar-refractivity contribution in [1.82, 2.24) is 118 Å². The molecule has 116 heavy (non-hydrogen) atoms. The first kappa shape index (κ1) is 93.4. The molecule has 0 N–H and O–H groups in total. The molecule has 13 aromatic rings. The molecule has 0 fully saturated rings. The average Bonchev–Trinajstić information content (AvgIpc) is 1.66. The minimum absolute atomic E-state index is 0.0293. The van der Waals surface area contributed by atoms with Crippen LogP contribution in [-0.2, 0) is 43.3 Å². The van der Waals surface area contributed by atoms with Gasteiger partial charge >= 0.3 is 0 Å². The summed E-state index contributed by atoms with van der Waals surface area (Å²) in [4.78, 5) is 83.0. The van der Waals surface area contributed by atoms with Crippen LogP contribution in [0.4, 0.5) is 5.13 Å². The molecule has 0 amide bonds. The summed E-state index contributed by atoms with van der Waals surface area (Å²) in [5.41, 5.74) is 12.4. The van der Waals surface area contributed by atoms with Crippen molar-refractivity contribution >= 4 is 16.5 Å². The van der Waals surface area contributed by atoms with Gasteiger partial charge in [-0.05, 0) is 58.4 Å². The van der Waals surface area contributed by atoms with E-state index in [-0.39, 0.29) is 48.9 Å². The Balaban J connectivity index is 0.000000207. The number of thiazole rings is 1. The van der Waals surface area contributed by atoms with Crippen molar-refractivity contribution in [2.45, 2.75) is 244 Å².